The highest BCUT2D eigenvalue weighted by Gasteiger charge is 2.07. The zero-order chi connectivity index (χ0) is 5.86. The maximum absolute atomic E-state index is 9.78. The van der Waals surface area contributed by atoms with Crippen LogP contribution in [0.15, 0.2) is 0 Å². The molecule has 42 valence electrons. The number of carbonyl (C=O) groups excluding carboxylic acids is 1. The van der Waals surface area contributed by atoms with E-state index in [1.54, 1.807) is 6.92 Å². The number of halogens is 2. The maximum Gasteiger partial charge on any atom is 0.125 e. The molecule has 1 atom stereocenters. The van der Waals surface area contributed by atoms with E-state index in [1.165, 1.54) is 0 Å². The second-order valence-corrected chi connectivity index (χ2v) is 2.49. The molecule has 3 heteroatoms. The number of alkyl halides is 2. The second-order valence-electron chi connectivity index (χ2n) is 1.33. The van der Waals surface area contributed by atoms with Crippen molar-refractivity contribution in [2.24, 2.45) is 5.92 Å². The molecule has 0 aromatic rings. The topological polar surface area (TPSA) is 17.1 Å². The van der Waals surface area contributed by atoms with Crippen LogP contribution in [-0.4, -0.2) is 11.1 Å². The standard InChI is InChI=1S/C4H6Cl2O/c1-3(2-7)4(5)6/h2-4H,1H3. The molecule has 0 aliphatic heterocycles. The van der Waals surface area contributed by atoms with Crippen LogP contribution in [0.5, 0.6) is 0 Å². The van der Waals surface area contributed by atoms with E-state index in [0.29, 0.717) is 0 Å². The molecule has 0 aliphatic carbocycles. The summed E-state index contributed by atoms with van der Waals surface area (Å²) < 4.78 is 0. The van der Waals surface area contributed by atoms with E-state index < -0.39 is 4.84 Å². The van der Waals surface area contributed by atoms with Crippen LogP contribution in [0, 0.1) is 5.92 Å². The van der Waals surface area contributed by atoms with Gasteiger partial charge in [0.2, 0.25) is 0 Å². The molecular weight excluding hydrogens is 135 g/mol. The van der Waals surface area contributed by atoms with Gasteiger partial charge in [-0.25, -0.2) is 0 Å². The predicted octanol–water partition coefficient (Wildman–Crippen LogP) is 1.63. The first-order chi connectivity index (χ1) is 3.18. The Bertz CT molecular complexity index is 62.7. The molecule has 0 radical (unpaired) electrons. The monoisotopic (exact) mass is 140 g/mol. The van der Waals surface area contributed by atoms with Crippen molar-refractivity contribution >= 4 is 29.5 Å². The summed E-state index contributed by atoms with van der Waals surface area (Å²) in [5, 5.41) is 0. The van der Waals surface area contributed by atoms with Crippen LogP contribution in [0.1, 0.15) is 6.92 Å². The number of hydrogen-bond donors (Lipinski definition) is 0. The molecule has 0 saturated carbocycles. The van der Waals surface area contributed by atoms with Gasteiger partial charge in [-0.1, -0.05) is 6.92 Å². The zero-order valence-corrected chi connectivity index (χ0v) is 5.41. The van der Waals surface area contributed by atoms with Gasteiger partial charge in [0.15, 0.2) is 0 Å². The van der Waals surface area contributed by atoms with Crippen LogP contribution >= 0.6 is 23.2 Å². The summed E-state index contributed by atoms with van der Waals surface area (Å²) in [7, 11) is 0. The molecule has 1 nitrogen and oxygen atoms in total. The van der Waals surface area contributed by atoms with Crippen molar-refractivity contribution in [2.45, 2.75) is 11.8 Å². The van der Waals surface area contributed by atoms with Crippen LogP contribution in [-0.2, 0) is 4.79 Å². The lowest BCUT2D eigenvalue weighted by molar-refractivity contribution is -0.110. The summed E-state index contributed by atoms with van der Waals surface area (Å²) in [5.41, 5.74) is 0. The van der Waals surface area contributed by atoms with E-state index in [1.807, 2.05) is 0 Å². The van der Waals surface area contributed by atoms with E-state index >= 15 is 0 Å². The molecule has 0 N–H and O–H groups in total. The van der Waals surface area contributed by atoms with Gasteiger partial charge in [-0.3, -0.25) is 0 Å². The Balaban J connectivity index is 3.33. The normalized spacial score (nSPS) is 14.3. The van der Waals surface area contributed by atoms with E-state index in [9.17, 15) is 4.79 Å². The molecule has 0 heterocycles. The number of rotatable bonds is 2. The molecule has 0 rings (SSSR count). The average Bonchev–Trinajstić information content (AvgIpc) is 1.65. The Labute approximate surface area is 52.6 Å². The summed E-state index contributed by atoms with van der Waals surface area (Å²) in [4.78, 5) is 9.22. The molecule has 0 aromatic carbocycles. The van der Waals surface area contributed by atoms with Gasteiger partial charge in [0.05, 0.1) is 0 Å². The van der Waals surface area contributed by atoms with Gasteiger partial charge < -0.3 is 4.79 Å². The van der Waals surface area contributed by atoms with Crippen molar-refractivity contribution in [2.75, 3.05) is 0 Å². The SMILES string of the molecule is CC(C=O)C(Cl)Cl. The van der Waals surface area contributed by atoms with E-state index in [2.05, 4.69) is 0 Å². The van der Waals surface area contributed by atoms with Gasteiger partial charge in [0, 0.05) is 5.92 Å². The largest absolute Gasteiger partial charge is 0.303 e. The first-order valence-corrected chi connectivity index (χ1v) is 2.79. The molecular formula is C4H6Cl2O. The minimum atomic E-state index is -0.558. The van der Waals surface area contributed by atoms with Gasteiger partial charge in [-0.2, -0.15) is 0 Å². The minimum Gasteiger partial charge on any atom is -0.303 e. The van der Waals surface area contributed by atoms with Crippen molar-refractivity contribution in [3.8, 4) is 0 Å². The third-order valence-corrected chi connectivity index (χ3v) is 1.41. The zero-order valence-electron chi connectivity index (χ0n) is 3.90. The lowest BCUT2D eigenvalue weighted by Crippen LogP contribution is -2.04. The van der Waals surface area contributed by atoms with Gasteiger partial charge in [0.1, 0.15) is 11.1 Å². The summed E-state index contributed by atoms with van der Waals surface area (Å²) in [6.45, 7) is 1.66. The molecule has 0 aliphatic rings. The van der Waals surface area contributed by atoms with Crippen LogP contribution in [0.4, 0.5) is 0 Å². The fourth-order valence-electron chi connectivity index (χ4n) is 0.0594. The Morgan fingerprint density at radius 1 is 1.57 bits per heavy atom. The first kappa shape index (κ1) is 7.25. The third-order valence-electron chi connectivity index (χ3n) is 0.612. The van der Waals surface area contributed by atoms with E-state index in [-0.39, 0.29) is 5.92 Å². The third kappa shape index (κ3) is 2.89. The molecule has 0 amide bonds. The Morgan fingerprint density at radius 2 is 2.00 bits per heavy atom. The summed E-state index contributed by atoms with van der Waals surface area (Å²) >= 11 is 10.5. The minimum absolute atomic E-state index is 0.247. The molecule has 0 spiro atoms. The van der Waals surface area contributed by atoms with Gasteiger partial charge in [-0.05, 0) is 0 Å². The summed E-state index contributed by atoms with van der Waals surface area (Å²) in [5.74, 6) is -0.247. The van der Waals surface area contributed by atoms with Crippen LogP contribution in [0.25, 0.3) is 0 Å². The maximum atomic E-state index is 9.78. The molecule has 0 bridgehead atoms. The Hall–Kier alpha value is 0.250. The quantitative estimate of drug-likeness (QED) is 0.421. The number of carbonyl (C=O) groups is 1. The summed E-state index contributed by atoms with van der Waals surface area (Å²) in [6, 6.07) is 0. The first-order valence-electron chi connectivity index (χ1n) is 1.92. The van der Waals surface area contributed by atoms with Crippen LogP contribution in [0.2, 0.25) is 0 Å². The lowest BCUT2D eigenvalue weighted by Gasteiger charge is -1.99. The highest BCUT2D eigenvalue weighted by atomic mass is 35.5. The molecule has 0 aromatic heterocycles. The predicted molar refractivity (Wildman–Crippen MR) is 30.7 cm³/mol. The van der Waals surface area contributed by atoms with Crippen molar-refractivity contribution in [1.82, 2.24) is 0 Å². The highest BCUT2D eigenvalue weighted by Crippen LogP contribution is 2.10. The smallest absolute Gasteiger partial charge is 0.125 e. The van der Waals surface area contributed by atoms with Crippen LogP contribution < -0.4 is 0 Å². The lowest BCUT2D eigenvalue weighted by atomic mass is 10.3. The molecule has 0 saturated heterocycles. The van der Waals surface area contributed by atoms with Crippen molar-refractivity contribution in [1.29, 1.82) is 0 Å². The van der Waals surface area contributed by atoms with Gasteiger partial charge >= 0.3 is 0 Å². The van der Waals surface area contributed by atoms with E-state index in [4.69, 9.17) is 23.2 Å². The van der Waals surface area contributed by atoms with Gasteiger partial charge in [0.25, 0.3) is 0 Å². The van der Waals surface area contributed by atoms with Crippen molar-refractivity contribution in [3.63, 3.8) is 0 Å². The average molecular weight is 141 g/mol. The Morgan fingerprint density at radius 3 is 2.00 bits per heavy atom. The summed E-state index contributed by atoms with van der Waals surface area (Å²) in [6.07, 6.45) is 0.727. The van der Waals surface area contributed by atoms with Crippen LogP contribution in [0.3, 0.4) is 0 Å². The van der Waals surface area contributed by atoms with Crippen molar-refractivity contribution in [3.05, 3.63) is 0 Å². The highest BCUT2D eigenvalue weighted by molar-refractivity contribution is 6.45. The molecule has 7 heavy (non-hydrogen) atoms. The molecule has 1 unspecified atom stereocenters. The fraction of sp³-hybridized carbons (Fsp3) is 0.750. The fourth-order valence-corrected chi connectivity index (χ4v) is 0.178. The van der Waals surface area contributed by atoms with Crippen molar-refractivity contribution < 1.29 is 4.79 Å². The van der Waals surface area contributed by atoms with Gasteiger partial charge in [-0.15, -0.1) is 23.2 Å². The number of hydrogen-bond acceptors (Lipinski definition) is 1. The Kier molecular flexibility index (Phi) is 3.39. The number of aldehydes is 1. The second kappa shape index (κ2) is 3.28. The molecule has 0 fully saturated rings. The van der Waals surface area contributed by atoms with E-state index in [0.717, 1.165) is 6.29 Å².